The number of aliphatic hydroxyl groups excluding tert-OH is 1. The highest BCUT2D eigenvalue weighted by molar-refractivity contribution is 6.31. The number of ether oxygens (including phenoxy) is 1. The smallest absolute Gasteiger partial charge is 0.131 e. The van der Waals surface area contributed by atoms with Crippen molar-refractivity contribution >= 4 is 11.6 Å². The summed E-state index contributed by atoms with van der Waals surface area (Å²) in [5.41, 5.74) is 2.53. The summed E-state index contributed by atoms with van der Waals surface area (Å²) in [6.45, 7) is 5.10. The lowest BCUT2D eigenvalue weighted by Gasteiger charge is -2.11. The Hall–Kier alpha value is -1.52. The molecule has 0 aliphatic heterocycles. The summed E-state index contributed by atoms with van der Waals surface area (Å²) in [5, 5.41) is 14.4. The summed E-state index contributed by atoms with van der Waals surface area (Å²) in [7, 11) is 0. The number of para-hydroxylation sites is 1. The van der Waals surface area contributed by atoms with E-state index in [1.54, 1.807) is 0 Å². The molecule has 108 valence electrons. The van der Waals surface area contributed by atoms with Crippen LogP contribution in [0.25, 0.3) is 0 Å². The number of halogens is 1. The third-order valence-electron chi connectivity index (χ3n) is 3.20. The van der Waals surface area contributed by atoms with Gasteiger partial charge in [0.2, 0.25) is 0 Å². The Morgan fingerprint density at radius 3 is 2.70 bits per heavy atom. The first-order valence-electron chi connectivity index (χ1n) is 6.76. The van der Waals surface area contributed by atoms with Crippen LogP contribution in [-0.2, 0) is 26.2 Å². The molecular formula is C15H19ClN2O2. The largest absolute Gasteiger partial charge is 0.487 e. The molecule has 0 saturated heterocycles. The summed E-state index contributed by atoms with van der Waals surface area (Å²) < 4.78 is 7.65. The van der Waals surface area contributed by atoms with Crippen molar-refractivity contribution in [1.82, 2.24) is 9.78 Å². The van der Waals surface area contributed by atoms with Crippen molar-refractivity contribution in [3.63, 3.8) is 0 Å². The van der Waals surface area contributed by atoms with E-state index in [0.717, 1.165) is 29.9 Å². The van der Waals surface area contributed by atoms with E-state index in [4.69, 9.17) is 16.3 Å². The number of aryl methyl sites for hydroxylation is 2. The normalized spacial score (nSPS) is 10.8. The predicted octanol–water partition coefficient (Wildman–Crippen LogP) is 3.19. The molecule has 1 N–H and O–H groups in total. The van der Waals surface area contributed by atoms with Crippen molar-refractivity contribution in [1.29, 1.82) is 0 Å². The Morgan fingerprint density at radius 1 is 1.30 bits per heavy atom. The van der Waals surface area contributed by atoms with Crippen LogP contribution >= 0.6 is 11.6 Å². The van der Waals surface area contributed by atoms with Crippen LogP contribution in [0.15, 0.2) is 24.3 Å². The van der Waals surface area contributed by atoms with Gasteiger partial charge in [0, 0.05) is 12.1 Å². The van der Waals surface area contributed by atoms with E-state index in [1.807, 2.05) is 42.8 Å². The van der Waals surface area contributed by atoms with Gasteiger partial charge in [0.05, 0.1) is 23.0 Å². The molecule has 4 nitrogen and oxygen atoms in total. The van der Waals surface area contributed by atoms with Crippen LogP contribution in [0, 0.1) is 0 Å². The number of hydrogen-bond acceptors (Lipinski definition) is 3. The molecule has 2 rings (SSSR count). The zero-order chi connectivity index (χ0) is 14.5. The highest BCUT2D eigenvalue weighted by atomic mass is 35.5. The molecule has 5 heteroatoms. The summed E-state index contributed by atoms with van der Waals surface area (Å²) in [6, 6.07) is 7.43. The van der Waals surface area contributed by atoms with Crippen molar-refractivity contribution in [2.24, 2.45) is 0 Å². The van der Waals surface area contributed by atoms with Crippen molar-refractivity contribution in [2.45, 2.75) is 40.0 Å². The van der Waals surface area contributed by atoms with Crippen molar-refractivity contribution in [2.75, 3.05) is 0 Å². The van der Waals surface area contributed by atoms with E-state index in [-0.39, 0.29) is 6.61 Å². The minimum absolute atomic E-state index is 0.0445. The molecule has 1 heterocycles. The van der Waals surface area contributed by atoms with Crippen LogP contribution in [0.1, 0.15) is 30.8 Å². The van der Waals surface area contributed by atoms with Gasteiger partial charge in [0.15, 0.2) is 0 Å². The number of benzene rings is 1. The SMILES string of the molecule is CCc1nn(CC)c(COc2ccccc2CO)c1Cl. The molecule has 0 saturated carbocycles. The van der Waals surface area contributed by atoms with E-state index in [0.29, 0.717) is 17.4 Å². The van der Waals surface area contributed by atoms with E-state index in [9.17, 15) is 5.11 Å². The highest BCUT2D eigenvalue weighted by Crippen LogP contribution is 2.25. The summed E-state index contributed by atoms with van der Waals surface area (Å²) in [5.74, 6) is 0.674. The Morgan fingerprint density at radius 2 is 2.05 bits per heavy atom. The first-order valence-corrected chi connectivity index (χ1v) is 7.14. The lowest BCUT2D eigenvalue weighted by Crippen LogP contribution is -2.07. The molecule has 0 aliphatic carbocycles. The second kappa shape index (κ2) is 6.77. The van der Waals surface area contributed by atoms with Gasteiger partial charge in [-0.1, -0.05) is 36.7 Å². The first-order chi connectivity index (χ1) is 9.71. The van der Waals surface area contributed by atoms with Crippen LogP contribution < -0.4 is 4.74 Å². The summed E-state index contributed by atoms with van der Waals surface area (Å²) in [6.07, 6.45) is 0.798. The molecule has 0 amide bonds. The van der Waals surface area contributed by atoms with E-state index in [1.165, 1.54) is 0 Å². The summed E-state index contributed by atoms with van der Waals surface area (Å²) in [4.78, 5) is 0. The third-order valence-corrected chi connectivity index (χ3v) is 3.64. The number of rotatable bonds is 6. The zero-order valence-electron chi connectivity index (χ0n) is 11.8. The topological polar surface area (TPSA) is 47.3 Å². The van der Waals surface area contributed by atoms with Crippen molar-refractivity contribution < 1.29 is 9.84 Å². The van der Waals surface area contributed by atoms with Crippen LogP contribution in [-0.4, -0.2) is 14.9 Å². The Bertz CT molecular complexity index is 581. The summed E-state index contributed by atoms with van der Waals surface area (Å²) >= 11 is 6.34. The van der Waals surface area contributed by atoms with Gasteiger partial charge in [0.1, 0.15) is 12.4 Å². The molecule has 0 spiro atoms. The van der Waals surface area contributed by atoms with Gasteiger partial charge in [-0.3, -0.25) is 4.68 Å². The maximum Gasteiger partial charge on any atom is 0.131 e. The standard InChI is InChI=1S/C15H19ClN2O2/c1-3-12-15(16)13(18(4-2)17-12)10-20-14-8-6-5-7-11(14)9-19/h5-8,19H,3-4,9-10H2,1-2H3. The molecule has 1 aromatic heterocycles. The van der Waals surface area contributed by atoms with Crippen molar-refractivity contribution in [3.8, 4) is 5.75 Å². The fourth-order valence-corrected chi connectivity index (χ4v) is 2.40. The van der Waals surface area contributed by atoms with Gasteiger partial charge in [-0.25, -0.2) is 0 Å². The maximum absolute atomic E-state index is 9.29. The molecule has 0 radical (unpaired) electrons. The minimum Gasteiger partial charge on any atom is -0.487 e. The Labute approximate surface area is 123 Å². The molecule has 1 aromatic carbocycles. The van der Waals surface area contributed by atoms with Gasteiger partial charge in [0.25, 0.3) is 0 Å². The van der Waals surface area contributed by atoms with E-state index in [2.05, 4.69) is 5.10 Å². The number of hydrogen-bond donors (Lipinski definition) is 1. The van der Waals surface area contributed by atoms with Crippen LogP contribution in [0.2, 0.25) is 5.02 Å². The minimum atomic E-state index is -0.0445. The molecule has 0 aliphatic rings. The number of aliphatic hydroxyl groups is 1. The van der Waals surface area contributed by atoms with Gasteiger partial charge in [-0.15, -0.1) is 0 Å². The fourth-order valence-electron chi connectivity index (χ4n) is 2.08. The Balaban J connectivity index is 2.20. The molecule has 0 bridgehead atoms. The van der Waals surface area contributed by atoms with Crippen LogP contribution in [0.4, 0.5) is 0 Å². The van der Waals surface area contributed by atoms with Gasteiger partial charge in [-0.05, 0) is 19.4 Å². The first kappa shape index (κ1) is 14.9. The lowest BCUT2D eigenvalue weighted by molar-refractivity contribution is 0.255. The van der Waals surface area contributed by atoms with Gasteiger partial charge < -0.3 is 9.84 Å². The number of aromatic nitrogens is 2. The highest BCUT2D eigenvalue weighted by Gasteiger charge is 2.15. The fraction of sp³-hybridized carbons (Fsp3) is 0.400. The van der Waals surface area contributed by atoms with Crippen molar-refractivity contribution in [3.05, 3.63) is 46.2 Å². The molecule has 0 fully saturated rings. The molecule has 20 heavy (non-hydrogen) atoms. The Kier molecular flexibility index (Phi) is 5.04. The van der Waals surface area contributed by atoms with Gasteiger partial charge in [-0.2, -0.15) is 5.10 Å². The van der Waals surface area contributed by atoms with E-state index >= 15 is 0 Å². The van der Waals surface area contributed by atoms with Crippen LogP contribution in [0.5, 0.6) is 5.75 Å². The molecule has 0 atom stereocenters. The maximum atomic E-state index is 9.29. The van der Waals surface area contributed by atoms with E-state index < -0.39 is 0 Å². The average Bonchev–Trinajstić information content (AvgIpc) is 2.81. The second-order valence-electron chi connectivity index (χ2n) is 4.43. The van der Waals surface area contributed by atoms with Crippen LogP contribution in [0.3, 0.4) is 0 Å². The second-order valence-corrected chi connectivity index (χ2v) is 4.81. The predicted molar refractivity (Wildman–Crippen MR) is 79.0 cm³/mol. The van der Waals surface area contributed by atoms with Gasteiger partial charge >= 0.3 is 0 Å². The molecule has 2 aromatic rings. The average molecular weight is 295 g/mol. The zero-order valence-corrected chi connectivity index (χ0v) is 12.5. The monoisotopic (exact) mass is 294 g/mol. The lowest BCUT2D eigenvalue weighted by atomic mass is 10.2. The third kappa shape index (κ3) is 2.97. The number of nitrogens with zero attached hydrogens (tertiary/aromatic N) is 2. The molecule has 0 unspecified atom stereocenters. The molecular weight excluding hydrogens is 276 g/mol. The quantitative estimate of drug-likeness (QED) is 0.890.